The highest BCUT2D eigenvalue weighted by atomic mass is 19.4. The van der Waals surface area contributed by atoms with Gasteiger partial charge in [0.1, 0.15) is 23.1 Å². The summed E-state index contributed by atoms with van der Waals surface area (Å²) in [5.74, 6) is -7.28. The van der Waals surface area contributed by atoms with Gasteiger partial charge in [-0.15, -0.1) is 0 Å². The van der Waals surface area contributed by atoms with Crippen LogP contribution in [-0.4, -0.2) is 11.9 Å². The van der Waals surface area contributed by atoms with Gasteiger partial charge in [0.05, 0.1) is 11.1 Å². The zero-order valence-corrected chi connectivity index (χ0v) is 14.3. The maximum Gasteiger partial charge on any atom is 0.419 e. The summed E-state index contributed by atoms with van der Waals surface area (Å²) in [4.78, 5) is 23.1. The lowest BCUT2D eigenvalue weighted by molar-refractivity contribution is -0.141. The normalized spacial score (nSPS) is 12.1. The van der Waals surface area contributed by atoms with Crippen molar-refractivity contribution < 1.29 is 54.2 Å². The van der Waals surface area contributed by atoms with Crippen molar-refractivity contribution >= 4 is 11.9 Å². The molecule has 0 heterocycles. The van der Waals surface area contributed by atoms with E-state index in [4.69, 9.17) is 0 Å². The summed E-state index contributed by atoms with van der Waals surface area (Å²) in [5, 5.41) is 0. The Labute approximate surface area is 162 Å². The molecule has 0 aliphatic heterocycles. The average Bonchev–Trinajstić information content (AvgIpc) is 2.61. The van der Waals surface area contributed by atoms with Crippen LogP contribution in [0.25, 0.3) is 0 Å². The van der Waals surface area contributed by atoms with Crippen LogP contribution < -0.4 is 9.47 Å². The zero-order chi connectivity index (χ0) is 22.7. The number of carbonyl (C=O) groups is 2. The standard InChI is InChI=1S/C18H8F8O4/c19-13-3-1-9(7-11(13)17(21,22)23)29-15(27)5-6-16(28)30-10-2-4-14(20)12(8-10)18(24,25)26/h1-8H. The lowest BCUT2D eigenvalue weighted by Crippen LogP contribution is -2.12. The second kappa shape index (κ2) is 8.51. The fraction of sp³-hybridized carbons (Fsp3) is 0.111. The molecule has 0 aromatic heterocycles. The first kappa shape index (κ1) is 22.8. The van der Waals surface area contributed by atoms with Gasteiger partial charge in [0, 0.05) is 12.2 Å². The molecule has 4 nitrogen and oxygen atoms in total. The van der Waals surface area contributed by atoms with Gasteiger partial charge >= 0.3 is 24.3 Å². The van der Waals surface area contributed by atoms with Crippen molar-refractivity contribution in [3.05, 3.63) is 71.3 Å². The van der Waals surface area contributed by atoms with E-state index in [1.807, 2.05) is 0 Å². The largest absolute Gasteiger partial charge is 0.423 e. The molecule has 0 N–H and O–H groups in total. The van der Waals surface area contributed by atoms with E-state index in [1.54, 1.807) is 0 Å². The number of ether oxygens (including phenoxy) is 2. The molecule has 0 aliphatic carbocycles. The Balaban J connectivity index is 2.05. The lowest BCUT2D eigenvalue weighted by atomic mass is 10.2. The van der Waals surface area contributed by atoms with Crippen LogP contribution in [0.4, 0.5) is 35.1 Å². The minimum Gasteiger partial charge on any atom is -0.423 e. The third-order valence-electron chi connectivity index (χ3n) is 3.28. The smallest absolute Gasteiger partial charge is 0.419 e. The van der Waals surface area contributed by atoms with Crippen LogP contribution in [0.3, 0.4) is 0 Å². The van der Waals surface area contributed by atoms with Gasteiger partial charge in [-0.3, -0.25) is 0 Å². The lowest BCUT2D eigenvalue weighted by Gasteiger charge is -2.10. The quantitative estimate of drug-likeness (QED) is 0.288. The van der Waals surface area contributed by atoms with Crippen LogP contribution in [0.2, 0.25) is 0 Å². The van der Waals surface area contributed by atoms with Gasteiger partial charge in [0.2, 0.25) is 0 Å². The van der Waals surface area contributed by atoms with E-state index < -0.39 is 58.6 Å². The van der Waals surface area contributed by atoms with Crippen molar-refractivity contribution in [2.24, 2.45) is 0 Å². The van der Waals surface area contributed by atoms with Crippen LogP contribution in [0.1, 0.15) is 11.1 Å². The summed E-state index contributed by atoms with van der Waals surface area (Å²) in [6, 6.07) is 2.72. The predicted octanol–water partition coefficient (Wildman–Crippen LogP) is 5.07. The van der Waals surface area contributed by atoms with Gasteiger partial charge in [0.15, 0.2) is 0 Å². The van der Waals surface area contributed by atoms with Crippen molar-refractivity contribution in [3.63, 3.8) is 0 Å². The summed E-state index contributed by atoms with van der Waals surface area (Å²) in [7, 11) is 0. The number of benzene rings is 2. The zero-order valence-electron chi connectivity index (χ0n) is 14.3. The van der Waals surface area contributed by atoms with Gasteiger partial charge < -0.3 is 9.47 Å². The summed E-state index contributed by atoms with van der Waals surface area (Å²) < 4.78 is 111. The van der Waals surface area contributed by atoms with E-state index in [9.17, 15) is 44.7 Å². The second-order valence-electron chi connectivity index (χ2n) is 5.45. The molecule has 0 bridgehead atoms. The first-order chi connectivity index (χ1) is 13.8. The Morgan fingerprint density at radius 2 is 1.00 bits per heavy atom. The Kier molecular flexibility index (Phi) is 6.48. The van der Waals surface area contributed by atoms with Crippen LogP contribution in [0, 0.1) is 11.6 Å². The number of hydrogen-bond acceptors (Lipinski definition) is 4. The fourth-order valence-electron chi connectivity index (χ4n) is 2.01. The van der Waals surface area contributed by atoms with Gasteiger partial charge in [-0.05, 0) is 36.4 Å². The van der Waals surface area contributed by atoms with Gasteiger partial charge in [0.25, 0.3) is 0 Å². The van der Waals surface area contributed by atoms with Crippen LogP contribution in [0.15, 0.2) is 48.6 Å². The topological polar surface area (TPSA) is 52.6 Å². The Hall–Kier alpha value is -3.44. The number of alkyl halides is 6. The van der Waals surface area contributed by atoms with E-state index in [0.717, 1.165) is 12.1 Å². The SMILES string of the molecule is O=C(C=CC(=O)Oc1ccc(F)c(C(F)(F)F)c1)Oc1ccc(F)c(C(F)(F)F)c1. The van der Waals surface area contributed by atoms with Crippen LogP contribution >= 0.6 is 0 Å². The molecular formula is C18H8F8O4. The average molecular weight is 440 g/mol. The Bertz CT molecular complexity index is 913. The maximum atomic E-state index is 13.2. The molecule has 160 valence electrons. The highest BCUT2D eigenvalue weighted by Gasteiger charge is 2.35. The van der Waals surface area contributed by atoms with E-state index in [0.29, 0.717) is 24.3 Å². The van der Waals surface area contributed by atoms with Crippen molar-refractivity contribution in [1.29, 1.82) is 0 Å². The van der Waals surface area contributed by atoms with E-state index in [2.05, 4.69) is 9.47 Å². The van der Waals surface area contributed by atoms with Crippen LogP contribution in [0.5, 0.6) is 11.5 Å². The maximum absolute atomic E-state index is 13.2. The second-order valence-corrected chi connectivity index (χ2v) is 5.45. The molecule has 0 unspecified atom stereocenters. The molecule has 0 radical (unpaired) electrons. The molecule has 2 aromatic carbocycles. The highest BCUT2D eigenvalue weighted by Crippen LogP contribution is 2.34. The monoisotopic (exact) mass is 440 g/mol. The molecule has 2 rings (SSSR count). The summed E-state index contributed by atoms with van der Waals surface area (Å²) >= 11 is 0. The number of hydrogen-bond donors (Lipinski definition) is 0. The highest BCUT2D eigenvalue weighted by molar-refractivity contribution is 5.93. The Morgan fingerprint density at radius 1 is 0.667 bits per heavy atom. The summed E-state index contributed by atoms with van der Waals surface area (Å²) in [5.41, 5.74) is -3.37. The number of carbonyl (C=O) groups excluding carboxylic acids is 2. The Morgan fingerprint density at radius 3 is 1.30 bits per heavy atom. The molecule has 0 aliphatic rings. The molecule has 0 atom stereocenters. The van der Waals surface area contributed by atoms with Gasteiger partial charge in [-0.25, -0.2) is 18.4 Å². The molecule has 0 saturated heterocycles. The van der Waals surface area contributed by atoms with Crippen molar-refractivity contribution in [2.75, 3.05) is 0 Å². The molecule has 0 saturated carbocycles. The molecular weight excluding hydrogens is 432 g/mol. The number of esters is 2. The molecule has 12 heteroatoms. The minimum absolute atomic E-state index is 0.219. The number of rotatable bonds is 4. The van der Waals surface area contributed by atoms with Crippen molar-refractivity contribution in [2.45, 2.75) is 12.4 Å². The van der Waals surface area contributed by atoms with Crippen molar-refractivity contribution in [1.82, 2.24) is 0 Å². The first-order valence-electron chi connectivity index (χ1n) is 7.62. The van der Waals surface area contributed by atoms with Crippen molar-refractivity contribution in [3.8, 4) is 11.5 Å². The van der Waals surface area contributed by atoms with E-state index >= 15 is 0 Å². The molecule has 0 fully saturated rings. The fourth-order valence-corrected chi connectivity index (χ4v) is 2.01. The van der Waals surface area contributed by atoms with Gasteiger partial charge in [-0.1, -0.05) is 0 Å². The molecule has 0 amide bonds. The van der Waals surface area contributed by atoms with Gasteiger partial charge in [-0.2, -0.15) is 26.3 Å². The summed E-state index contributed by atoms with van der Waals surface area (Å²) in [6.07, 6.45) is -9.27. The first-order valence-corrected chi connectivity index (χ1v) is 7.62. The third kappa shape index (κ3) is 6.03. The molecule has 30 heavy (non-hydrogen) atoms. The minimum atomic E-state index is -5.05. The predicted molar refractivity (Wildman–Crippen MR) is 83.2 cm³/mol. The van der Waals surface area contributed by atoms with E-state index in [1.165, 1.54) is 0 Å². The van der Waals surface area contributed by atoms with E-state index in [-0.39, 0.29) is 12.1 Å². The summed E-state index contributed by atoms with van der Waals surface area (Å²) in [6.45, 7) is 0. The molecule has 2 aromatic rings. The van der Waals surface area contributed by atoms with Crippen LogP contribution in [-0.2, 0) is 21.9 Å². The number of halogens is 8. The molecule has 0 spiro atoms. The third-order valence-corrected chi connectivity index (χ3v) is 3.28.